The van der Waals surface area contributed by atoms with Crippen molar-refractivity contribution < 1.29 is 14.3 Å². The van der Waals surface area contributed by atoms with Crippen LogP contribution in [0.25, 0.3) is 0 Å². The summed E-state index contributed by atoms with van der Waals surface area (Å²) in [5.41, 5.74) is 2.21. The van der Waals surface area contributed by atoms with Gasteiger partial charge in [0, 0.05) is 6.54 Å². The summed E-state index contributed by atoms with van der Waals surface area (Å²) < 4.78 is 10.1. The van der Waals surface area contributed by atoms with E-state index in [1.807, 2.05) is 19.1 Å². The first-order valence-electron chi connectivity index (χ1n) is 6.92. The number of nitrogens with one attached hydrogen (secondary N) is 1. The fraction of sp³-hybridized carbons (Fsp3) is 0.562. The van der Waals surface area contributed by atoms with Gasteiger partial charge in [0.05, 0.1) is 14.2 Å². The van der Waals surface area contributed by atoms with E-state index >= 15 is 0 Å². The highest BCUT2D eigenvalue weighted by molar-refractivity contribution is 5.75. The van der Waals surface area contributed by atoms with Gasteiger partial charge < -0.3 is 14.8 Å². The quantitative estimate of drug-likeness (QED) is 0.780. The Morgan fingerprint density at radius 3 is 2.50 bits per heavy atom. The molecule has 112 valence electrons. The van der Waals surface area contributed by atoms with E-state index in [0.29, 0.717) is 12.5 Å². The molecule has 1 aromatic carbocycles. The summed E-state index contributed by atoms with van der Waals surface area (Å²) in [5, 5.41) is 3.27. The Hall–Kier alpha value is -1.55. The van der Waals surface area contributed by atoms with Gasteiger partial charge in [0.1, 0.15) is 11.8 Å². The van der Waals surface area contributed by atoms with Crippen molar-refractivity contribution in [3.63, 3.8) is 0 Å². The number of carbonyl (C=O) groups excluding carboxylic acids is 1. The number of hydrogen-bond acceptors (Lipinski definition) is 4. The van der Waals surface area contributed by atoms with E-state index in [9.17, 15) is 4.79 Å². The van der Waals surface area contributed by atoms with Crippen LogP contribution in [0.2, 0.25) is 0 Å². The van der Waals surface area contributed by atoms with E-state index < -0.39 is 0 Å². The van der Waals surface area contributed by atoms with Gasteiger partial charge in [0.15, 0.2) is 0 Å². The molecule has 0 bridgehead atoms. The SMILES string of the molecule is COC(=O)C(CC(C)C)NCc1ccc(OC)c(C)c1. The number of hydrogen-bond donors (Lipinski definition) is 1. The van der Waals surface area contributed by atoms with Crippen molar-refractivity contribution >= 4 is 5.97 Å². The summed E-state index contributed by atoms with van der Waals surface area (Å²) in [6.45, 7) is 6.83. The smallest absolute Gasteiger partial charge is 0.322 e. The minimum atomic E-state index is -0.262. The lowest BCUT2D eigenvalue weighted by Crippen LogP contribution is -2.38. The second-order valence-corrected chi connectivity index (χ2v) is 5.39. The summed E-state index contributed by atoms with van der Waals surface area (Å²) in [6.07, 6.45) is 0.766. The third-order valence-electron chi connectivity index (χ3n) is 3.20. The Balaban J connectivity index is 2.67. The predicted molar refractivity (Wildman–Crippen MR) is 79.8 cm³/mol. The van der Waals surface area contributed by atoms with Gasteiger partial charge in [-0.1, -0.05) is 26.0 Å². The van der Waals surface area contributed by atoms with Crippen molar-refractivity contribution in [2.45, 2.75) is 39.8 Å². The second kappa shape index (κ2) is 7.90. The highest BCUT2D eigenvalue weighted by atomic mass is 16.5. The number of aryl methyl sites for hydroxylation is 1. The Morgan fingerprint density at radius 1 is 1.30 bits per heavy atom. The van der Waals surface area contributed by atoms with Crippen LogP contribution < -0.4 is 10.1 Å². The van der Waals surface area contributed by atoms with Gasteiger partial charge in [-0.3, -0.25) is 4.79 Å². The molecule has 0 saturated carbocycles. The van der Waals surface area contributed by atoms with Gasteiger partial charge in [-0.25, -0.2) is 0 Å². The third kappa shape index (κ3) is 4.85. The fourth-order valence-electron chi connectivity index (χ4n) is 2.17. The van der Waals surface area contributed by atoms with Crippen LogP contribution in [0, 0.1) is 12.8 Å². The maximum atomic E-state index is 11.7. The predicted octanol–water partition coefficient (Wildman–Crippen LogP) is 2.68. The molecule has 0 radical (unpaired) electrons. The van der Waals surface area contributed by atoms with Gasteiger partial charge in [0.25, 0.3) is 0 Å². The van der Waals surface area contributed by atoms with Crippen LogP contribution in [0.4, 0.5) is 0 Å². The number of ether oxygens (including phenoxy) is 2. The lowest BCUT2D eigenvalue weighted by atomic mass is 10.0. The molecule has 1 N–H and O–H groups in total. The Bertz CT molecular complexity index is 443. The minimum absolute atomic E-state index is 0.205. The molecule has 0 saturated heterocycles. The number of methoxy groups -OCH3 is 2. The third-order valence-corrected chi connectivity index (χ3v) is 3.20. The van der Waals surface area contributed by atoms with Crippen LogP contribution in [-0.4, -0.2) is 26.2 Å². The molecule has 0 amide bonds. The lowest BCUT2D eigenvalue weighted by molar-refractivity contribution is -0.143. The van der Waals surface area contributed by atoms with Gasteiger partial charge >= 0.3 is 5.97 Å². The molecule has 0 aliphatic heterocycles. The molecule has 4 nitrogen and oxygen atoms in total. The summed E-state index contributed by atoms with van der Waals surface area (Å²) in [6, 6.07) is 5.75. The summed E-state index contributed by atoms with van der Waals surface area (Å²) >= 11 is 0. The van der Waals surface area contributed by atoms with Gasteiger partial charge in [-0.15, -0.1) is 0 Å². The Labute approximate surface area is 121 Å². The maximum Gasteiger partial charge on any atom is 0.322 e. The average molecular weight is 279 g/mol. The van der Waals surface area contributed by atoms with E-state index in [1.54, 1.807) is 7.11 Å². The second-order valence-electron chi connectivity index (χ2n) is 5.39. The zero-order chi connectivity index (χ0) is 15.1. The zero-order valence-electron chi connectivity index (χ0n) is 13.0. The number of esters is 1. The largest absolute Gasteiger partial charge is 0.496 e. The van der Waals surface area contributed by atoms with E-state index in [2.05, 4.69) is 25.2 Å². The maximum absolute atomic E-state index is 11.7. The molecule has 0 fully saturated rings. The average Bonchev–Trinajstić information content (AvgIpc) is 2.42. The molecule has 1 unspecified atom stereocenters. The molecule has 0 aliphatic rings. The van der Waals surface area contributed by atoms with E-state index in [4.69, 9.17) is 9.47 Å². The summed E-state index contributed by atoms with van der Waals surface area (Å²) in [7, 11) is 3.09. The molecular weight excluding hydrogens is 254 g/mol. The highest BCUT2D eigenvalue weighted by Gasteiger charge is 2.19. The number of rotatable bonds is 7. The van der Waals surface area contributed by atoms with Crippen molar-refractivity contribution in [3.05, 3.63) is 29.3 Å². The van der Waals surface area contributed by atoms with Gasteiger partial charge in [-0.2, -0.15) is 0 Å². The van der Waals surface area contributed by atoms with E-state index in [0.717, 1.165) is 23.3 Å². The molecule has 0 spiro atoms. The molecule has 0 aliphatic carbocycles. The van der Waals surface area contributed by atoms with Crippen LogP contribution in [0.15, 0.2) is 18.2 Å². The summed E-state index contributed by atoms with van der Waals surface area (Å²) in [5.74, 6) is 1.11. The first-order chi connectivity index (χ1) is 9.47. The van der Waals surface area contributed by atoms with Crippen molar-refractivity contribution in [2.24, 2.45) is 5.92 Å². The van der Waals surface area contributed by atoms with Crippen molar-refractivity contribution in [1.82, 2.24) is 5.32 Å². The standard InChI is InChI=1S/C16H25NO3/c1-11(2)8-14(16(18)20-5)17-10-13-6-7-15(19-4)12(3)9-13/h6-7,9,11,14,17H,8,10H2,1-5H3. The minimum Gasteiger partial charge on any atom is -0.496 e. The number of carbonyl (C=O) groups is 1. The van der Waals surface area contributed by atoms with Crippen molar-refractivity contribution in [2.75, 3.05) is 14.2 Å². The van der Waals surface area contributed by atoms with Gasteiger partial charge in [-0.05, 0) is 36.5 Å². The molecule has 0 heterocycles. The molecule has 1 rings (SSSR count). The molecule has 20 heavy (non-hydrogen) atoms. The van der Waals surface area contributed by atoms with Crippen molar-refractivity contribution in [3.8, 4) is 5.75 Å². The van der Waals surface area contributed by atoms with E-state index in [1.165, 1.54) is 7.11 Å². The van der Waals surface area contributed by atoms with Crippen LogP contribution in [0.3, 0.4) is 0 Å². The first kappa shape index (κ1) is 16.5. The topological polar surface area (TPSA) is 47.6 Å². The van der Waals surface area contributed by atoms with Crippen molar-refractivity contribution in [1.29, 1.82) is 0 Å². The number of benzene rings is 1. The molecule has 4 heteroatoms. The zero-order valence-corrected chi connectivity index (χ0v) is 13.0. The Kier molecular flexibility index (Phi) is 6.52. The monoisotopic (exact) mass is 279 g/mol. The lowest BCUT2D eigenvalue weighted by Gasteiger charge is -2.18. The first-order valence-corrected chi connectivity index (χ1v) is 6.92. The van der Waals surface area contributed by atoms with Gasteiger partial charge in [0.2, 0.25) is 0 Å². The van der Waals surface area contributed by atoms with Crippen LogP contribution in [-0.2, 0) is 16.1 Å². The molecule has 1 atom stereocenters. The fourth-order valence-corrected chi connectivity index (χ4v) is 2.17. The normalized spacial score (nSPS) is 12.3. The molecule has 1 aromatic rings. The van der Waals surface area contributed by atoms with Crippen LogP contribution in [0.5, 0.6) is 5.75 Å². The van der Waals surface area contributed by atoms with Crippen LogP contribution in [0.1, 0.15) is 31.4 Å². The molecule has 0 aromatic heterocycles. The Morgan fingerprint density at radius 2 is 2.00 bits per heavy atom. The van der Waals surface area contributed by atoms with Crippen LogP contribution >= 0.6 is 0 Å². The summed E-state index contributed by atoms with van der Waals surface area (Å²) in [4.78, 5) is 11.7. The molecular formula is C16H25NO3. The van der Waals surface area contributed by atoms with E-state index in [-0.39, 0.29) is 12.0 Å². The highest BCUT2D eigenvalue weighted by Crippen LogP contribution is 2.18.